The van der Waals surface area contributed by atoms with Crippen LogP contribution < -0.4 is 5.32 Å². The molecule has 1 unspecified atom stereocenters. The van der Waals surface area contributed by atoms with E-state index in [-0.39, 0.29) is 18.5 Å². The van der Waals surface area contributed by atoms with E-state index in [0.717, 1.165) is 19.4 Å². The van der Waals surface area contributed by atoms with Crippen LogP contribution in [0, 0.1) is 5.92 Å². The van der Waals surface area contributed by atoms with Crippen molar-refractivity contribution in [1.82, 2.24) is 10.2 Å². The van der Waals surface area contributed by atoms with Crippen molar-refractivity contribution >= 4 is 11.9 Å². The Balaban J connectivity index is 2.47. The summed E-state index contributed by atoms with van der Waals surface area (Å²) in [6, 6.07) is 0. The van der Waals surface area contributed by atoms with Gasteiger partial charge in [-0.3, -0.25) is 9.79 Å². The van der Waals surface area contributed by atoms with Gasteiger partial charge in [-0.15, -0.1) is 0 Å². The maximum absolute atomic E-state index is 12.0. The number of rotatable bonds is 8. The summed E-state index contributed by atoms with van der Waals surface area (Å²) in [7, 11) is 0. The average Bonchev–Trinajstić information content (AvgIpc) is 2.56. The lowest BCUT2D eigenvalue weighted by molar-refractivity contribution is -0.173. The number of nitrogens with zero attached hydrogens (tertiary/aromatic N) is 2. The number of alkyl halides is 3. The lowest BCUT2D eigenvalue weighted by Gasteiger charge is -2.34. The molecule has 1 aliphatic rings. The highest BCUT2D eigenvalue weighted by atomic mass is 19.4. The second kappa shape index (κ2) is 11.2. The molecule has 0 amide bonds. The van der Waals surface area contributed by atoms with Crippen LogP contribution in [-0.2, 0) is 14.3 Å². The number of aliphatic imine (C=N–C) groups is 1. The van der Waals surface area contributed by atoms with E-state index >= 15 is 0 Å². The Kier molecular flexibility index (Phi) is 9.62. The molecule has 1 fully saturated rings. The van der Waals surface area contributed by atoms with Gasteiger partial charge in [-0.2, -0.15) is 13.2 Å². The lowest BCUT2D eigenvalue weighted by Crippen LogP contribution is -2.48. The fourth-order valence-electron chi connectivity index (χ4n) is 2.59. The van der Waals surface area contributed by atoms with Crippen molar-refractivity contribution in [3.05, 3.63) is 0 Å². The lowest BCUT2D eigenvalue weighted by atomic mass is 9.98. The van der Waals surface area contributed by atoms with Crippen molar-refractivity contribution in [2.75, 3.05) is 46.0 Å². The molecule has 1 rings (SSSR count). The van der Waals surface area contributed by atoms with Crippen LogP contribution in [0.25, 0.3) is 0 Å². The van der Waals surface area contributed by atoms with Gasteiger partial charge in [0.15, 0.2) is 5.96 Å². The third kappa shape index (κ3) is 8.94. The second-order valence-electron chi connectivity index (χ2n) is 5.79. The van der Waals surface area contributed by atoms with Gasteiger partial charge in [0, 0.05) is 32.8 Å². The third-order valence-corrected chi connectivity index (χ3v) is 3.65. The smallest absolute Gasteiger partial charge is 0.411 e. The average molecular weight is 367 g/mol. The van der Waals surface area contributed by atoms with Gasteiger partial charge in [0.1, 0.15) is 6.61 Å². The van der Waals surface area contributed by atoms with Crippen LogP contribution in [0.15, 0.2) is 4.99 Å². The molecular weight excluding hydrogens is 339 g/mol. The molecule has 0 bridgehead atoms. The van der Waals surface area contributed by atoms with Gasteiger partial charge in [-0.05, 0) is 33.1 Å². The quantitative estimate of drug-likeness (QED) is 0.308. The molecule has 146 valence electrons. The summed E-state index contributed by atoms with van der Waals surface area (Å²) >= 11 is 0. The zero-order chi connectivity index (χ0) is 18.7. The summed E-state index contributed by atoms with van der Waals surface area (Å²) in [4.78, 5) is 18.4. The summed E-state index contributed by atoms with van der Waals surface area (Å²) in [5, 5.41) is 3.16. The van der Waals surface area contributed by atoms with Crippen molar-refractivity contribution in [2.24, 2.45) is 10.9 Å². The predicted molar refractivity (Wildman–Crippen MR) is 88.4 cm³/mol. The minimum Gasteiger partial charge on any atom is -0.466 e. The number of esters is 1. The number of halogens is 3. The van der Waals surface area contributed by atoms with Crippen molar-refractivity contribution in [3.8, 4) is 0 Å². The van der Waals surface area contributed by atoms with E-state index in [4.69, 9.17) is 4.74 Å². The molecule has 0 aromatic heterocycles. The number of guanidine groups is 1. The van der Waals surface area contributed by atoms with Gasteiger partial charge in [0.05, 0.1) is 12.5 Å². The van der Waals surface area contributed by atoms with Crippen molar-refractivity contribution < 1.29 is 27.4 Å². The van der Waals surface area contributed by atoms with Gasteiger partial charge in [-0.1, -0.05) is 0 Å². The number of likely N-dealkylation sites (tertiary alicyclic amines) is 1. The number of hydrogen-bond acceptors (Lipinski definition) is 4. The molecule has 9 heteroatoms. The molecule has 1 atom stereocenters. The molecule has 0 aromatic carbocycles. The molecule has 0 aliphatic carbocycles. The highest BCUT2D eigenvalue weighted by Gasteiger charge is 2.28. The summed E-state index contributed by atoms with van der Waals surface area (Å²) < 4.78 is 45.6. The largest absolute Gasteiger partial charge is 0.466 e. The number of nitrogens with one attached hydrogen (secondary N) is 1. The molecule has 1 saturated heterocycles. The maximum atomic E-state index is 12.0. The van der Waals surface area contributed by atoms with Gasteiger partial charge < -0.3 is 19.7 Å². The van der Waals surface area contributed by atoms with Crippen LogP contribution in [0.3, 0.4) is 0 Å². The first-order valence-corrected chi connectivity index (χ1v) is 8.71. The highest BCUT2D eigenvalue weighted by Crippen LogP contribution is 2.18. The fraction of sp³-hybridized carbons (Fsp3) is 0.875. The molecule has 1 aliphatic heterocycles. The van der Waals surface area contributed by atoms with Crippen LogP contribution in [0.4, 0.5) is 13.2 Å². The van der Waals surface area contributed by atoms with Crippen molar-refractivity contribution in [2.45, 2.75) is 39.3 Å². The molecule has 0 spiro atoms. The molecule has 25 heavy (non-hydrogen) atoms. The Morgan fingerprint density at radius 1 is 1.36 bits per heavy atom. The Morgan fingerprint density at radius 3 is 2.76 bits per heavy atom. The summed E-state index contributed by atoms with van der Waals surface area (Å²) in [6.45, 7) is 5.21. The van der Waals surface area contributed by atoms with E-state index in [9.17, 15) is 18.0 Å². The molecular formula is C16H28F3N3O3. The van der Waals surface area contributed by atoms with Gasteiger partial charge >= 0.3 is 12.1 Å². The van der Waals surface area contributed by atoms with Gasteiger partial charge in [-0.25, -0.2) is 0 Å². The van der Waals surface area contributed by atoms with Gasteiger partial charge in [0.25, 0.3) is 0 Å². The Hall–Kier alpha value is -1.51. The number of piperidine rings is 1. The van der Waals surface area contributed by atoms with E-state index in [1.807, 2.05) is 11.8 Å². The predicted octanol–water partition coefficient (Wildman–Crippen LogP) is 2.20. The number of carbonyl (C=O) groups excluding carboxylic acids is 1. The van der Waals surface area contributed by atoms with Crippen LogP contribution in [0.2, 0.25) is 0 Å². The molecule has 0 radical (unpaired) electrons. The third-order valence-electron chi connectivity index (χ3n) is 3.65. The van der Waals surface area contributed by atoms with Crippen molar-refractivity contribution in [1.29, 1.82) is 0 Å². The summed E-state index contributed by atoms with van der Waals surface area (Å²) in [5.74, 6) is 0.309. The number of ether oxygens (including phenoxy) is 2. The molecule has 0 aromatic rings. The summed E-state index contributed by atoms with van der Waals surface area (Å²) in [6.07, 6.45) is -2.24. The first-order valence-electron chi connectivity index (χ1n) is 8.71. The molecule has 1 N–H and O–H groups in total. The molecule has 0 saturated carbocycles. The monoisotopic (exact) mass is 367 g/mol. The minimum absolute atomic E-state index is 0.00780. The SMILES string of the molecule is CCNC(=NCCCOCC(F)(F)F)N1CCCC(C(=O)OCC)C1. The standard InChI is InChI=1S/C16H28F3N3O3/c1-3-20-15(21-8-6-10-24-12-16(17,18)19)22-9-5-7-13(11-22)14(23)25-4-2/h13H,3-12H2,1-2H3,(H,20,21). The van der Waals surface area contributed by atoms with E-state index in [1.54, 1.807) is 6.92 Å². The first kappa shape index (κ1) is 21.5. The van der Waals surface area contributed by atoms with Gasteiger partial charge in [0.2, 0.25) is 0 Å². The van der Waals surface area contributed by atoms with E-state index in [1.165, 1.54) is 0 Å². The topological polar surface area (TPSA) is 63.2 Å². The van der Waals surface area contributed by atoms with Crippen LogP contribution in [-0.4, -0.2) is 69.0 Å². The summed E-state index contributed by atoms with van der Waals surface area (Å²) in [5.41, 5.74) is 0. The van der Waals surface area contributed by atoms with Crippen LogP contribution >= 0.6 is 0 Å². The van der Waals surface area contributed by atoms with E-state index < -0.39 is 12.8 Å². The van der Waals surface area contributed by atoms with Crippen LogP contribution in [0.1, 0.15) is 33.1 Å². The second-order valence-corrected chi connectivity index (χ2v) is 5.79. The number of hydrogen-bond donors (Lipinski definition) is 1. The molecule has 6 nitrogen and oxygen atoms in total. The maximum Gasteiger partial charge on any atom is 0.411 e. The highest BCUT2D eigenvalue weighted by molar-refractivity contribution is 5.81. The number of carbonyl (C=O) groups is 1. The van der Waals surface area contributed by atoms with E-state index in [2.05, 4.69) is 15.0 Å². The Labute approximate surface area is 146 Å². The zero-order valence-corrected chi connectivity index (χ0v) is 14.9. The molecule has 1 heterocycles. The first-order chi connectivity index (χ1) is 11.9. The van der Waals surface area contributed by atoms with E-state index in [0.29, 0.717) is 38.6 Å². The van der Waals surface area contributed by atoms with Crippen LogP contribution in [0.5, 0.6) is 0 Å². The fourth-order valence-corrected chi connectivity index (χ4v) is 2.59. The van der Waals surface area contributed by atoms with Crippen molar-refractivity contribution in [3.63, 3.8) is 0 Å². The zero-order valence-electron chi connectivity index (χ0n) is 14.9. The Morgan fingerprint density at radius 2 is 2.12 bits per heavy atom. The Bertz CT molecular complexity index is 431. The minimum atomic E-state index is -4.30. The normalized spacial score (nSPS) is 19.0.